The molecule has 0 fully saturated rings. The van der Waals surface area contributed by atoms with Crippen LogP contribution in [0.1, 0.15) is 15.9 Å². The van der Waals surface area contributed by atoms with Gasteiger partial charge in [-0.15, -0.1) is 0 Å². The van der Waals surface area contributed by atoms with Gasteiger partial charge in [0.05, 0.1) is 5.56 Å². The normalized spacial score (nSPS) is 9.64. The molecule has 0 bridgehead atoms. The van der Waals surface area contributed by atoms with Crippen molar-refractivity contribution in [3.8, 4) is 0 Å². The molecule has 0 heterocycles. The summed E-state index contributed by atoms with van der Waals surface area (Å²) in [6, 6.07) is 10.1. The van der Waals surface area contributed by atoms with Crippen LogP contribution in [-0.2, 0) is 0 Å². The van der Waals surface area contributed by atoms with E-state index in [0.717, 1.165) is 10.0 Å². The molecule has 0 spiro atoms. The largest absolute Gasteiger partial charge is 0.389 e. The maximum absolute atomic E-state index is 10.7. The topological polar surface area (TPSA) is 69.1 Å². The van der Waals surface area contributed by atoms with Gasteiger partial charge in [-0.1, -0.05) is 51.3 Å². The zero-order valence-corrected chi connectivity index (χ0v) is 16.4. The molecule has 2 rings (SSSR count). The molecule has 0 saturated carbocycles. The number of amides is 1. The molecule has 22 heavy (non-hydrogen) atoms. The average molecular weight is 485 g/mol. The summed E-state index contributed by atoms with van der Waals surface area (Å²) in [6.45, 7) is 0. The predicted octanol–water partition coefficient (Wildman–Crippen LogP) is 4.94. The molecule has 0 saturated heterocycles. The summed E-state index contributed by atoms with van der Waals surface area (Å²) in [6.07, 6.45) is 0. The lowest BCUT2D eigenvalue weighted by atomic mass is 10.2. The van der Waals surface area contributed by atoms with Crippen molar-refractivity contribution in [1.82, 2.24) is 0 Å². The van der Waals surface area contributed by atoms with Gasteiger partial charge in [-0.2, -0.15) is 0 Å². The molecule has 0 atom stereocenters. The number of nitrogens with two attached hydrogens (primary N) is 2. The fourth-order valence-electron chi connectivity index (χ4n) is 1.38. The molecule has 0 unspecified atom stereocenters. The summed E-state index contributed by atoms with van der Waals surface area (Å²) in [7, 11) is 0. The molecule has 3 nitrogen and oxygen atoms in total. The molecule has 2 aromatic carbocycles. The smallest absolute Gasteiger partial charge is 0.249 e. The molecular formula is C14H10Br2Cl2N2OS. The molecule has 0 aromatic heterocycles. The summed E-state index contributed by atoms with van der Waals surface area (Å²) in [5, 5.41) is 1.23. The van der Waals surface area contributed by atoms with Crippen molar-refractivity contribution in [3.05, 3.63) is 66.5 Å². The highest BCUT2D eigenvalue weighted by Gasteiger charge is 2.05. The summed E-state index contributed by atoms with van der Waals surface area (Å²) in [4.78, 5) is 11.1. The van der Waals surface area contributed by atoms with Crippen LogP contribution in [0.3, 0.4) is 0 Å². The number of halogens is 4. The van der Waals surface area contributed by atoms with Crippen LogP contribution in [-0.4, -0.2) is 10.9 Å². The van der Waals surface area contributed by atoms with E-state index in [4.69, 9.17) is 46.9 Å². The lowest BCUT2D eigenvalue weighted by Gasteiger charge is -2.00. The standard InChI is InChI=1S/C7H5BrClNO.C7H5BrClNS/c2*8-6-3-4(9)1-2-5(6)7(10)11/h2*1-3H,(H2,10,11). The molecule has 0 aliphatic heterocycles. The Morgan fingerprint density at radius 1 is 0.909 bits per heavy atom. The number of hydrogen-bond donors (Lipinski definition) is 2. The van der Waals surface area contributed by atoms with Crippen molar-refractivity contribution < 1.29 is 4.79 Å². The van der Waals surface area contributed by atoms with E-state index in [-0.39, 0.29) is 0 Å². The second-order valence-electron chi connectivity index (χ2n) is 3.98. The lowest BCUT2D eigenvalue weighted by Crippen LogP contribution is -2.11. The van der Waals surface area contributed by atoms with E-state index in [1.54, 1.807) is 36.4 Å². The van der Waals surface area contributed by atoms with Gasteiger partial charge in [0.25, 0.3) is 0 Å². The molecule has 116 valence electrons. The highest BCUT2D eigenvalue weighted by molar-refractivity contribution is 9.10. The first-order valence-electron chi connectivity index (χ1n) is 5.72. The minimum Gasteiger partial charge on any atom is -0.389 e. The van der Waals surface area contributed by atoms with Crippen LogP contribution < -0.4 is 11.5 Å². The summed E-state index contributed by atoms with van der Waals surface area (Å²) in [5.41, 5.74) is 11.7. The summed E-state index contributed by atoms with van der Waals surface area (Å²) in [5.74, 6) is -0.464. The van der Waals surface area contributed by atoms with Crippen molar-refractivity contribution in [2.24, 2.45) is 11.5 Å². The summed E-state index contributed by atoms with van der Waals surface area (Å²) < 4.78 is 1.45. The SMILES string of the molecule is NC(=O)c1ccc(Cl)cc1Br.NC(=S)c1ccc(Cl)cc1Br. The van der Waals surface area contributed by atoms with Crippen LogP contribution in [0.4, 0.5) is 0 Å². The molecular weight excluding hydrogens is 475 g/mol. The second-order valence-corrected chi connectivity index (χ2v) is 7.00. The number of carbonyl (C=O) groups is 1. The first-order chi connectivity index (χ1) is 10.2. The third-order valence-electron chi connectivity index (χ3n) is 2.39. The number of carbonyl (C=O) groups excluding carboxylic acids is 1. The van der Waals surface area contributed by atoms with E-state index in [1.165, 1.54) is 0 Å². The van der Waals surface area contributed by atoms with Crippen molar-refractivity contribution in [2.45, 2.75) is 0 Å². The number of thiocarbonyl (C=S) groups is 1. The third kappa shape index (κ3) is 5.85. The van der Waals surface area contributed by atoms with Gasteiger partial charge in [-0.05, 0) is 52.3 Å². The highest BCUT2D eigenvalue weighted by atomic mass is 79.9. The maximum atomic E-state index is 10.7. The van der Waals surface area contributed by atoms with Gasteiger partial charge in [-0.25, -0.2) is 0 Å². The Bertz CT molecular complexity index is 664. The Kier molecular flexibility index (Phi) is 7.79. The number of rotatable bonds is 2. The van der Waals surface area contributed by atoms with E-state index in [9.17, 15) is 4.79 Å². The Hall–Kier alpha value is -0.660. The van der Waals surface area contributed by atoms with Crippen molar-refractivity contribution >= 4 is 78.2 Å². The number of hydrogen-bond acceptors (Lipinski definition) is 2. The fraction of sp³-hybridized carbons (Fsp3) is 0. The monoisotopic (exact) mass is 482 g/mol. The van der Waals surface area contributed by atoms with Crippen LogP contribution in [0.15, 0.2) is 45.3 Å². The third-order valence-corrected chi connectivity index (χ3v) is 4.40. The minimum absolute atomic E-state index is 0.369. The molecule has 0 aliphatic carbocycles. The minimum atomic E-state index is -0.464. The first-order valence-corrected chi connectivity index (χ1v) is 8.47. The molecule has 8 heteroatoms. The Labute approximate surface area is 160 Å². The molecule has 4 N–H and O–H groups in total. The van der Waals surface area contributed by atoms with Gasteiger partial charge in [0, 0.05) is 24.6 Å². The molecule has 0 aliphatic rings. The van der Waals surface area contributed by atoms with Gasteiger partial charge in [0.1, 0.15) is 4.99 Å². The van der Waals surface area contributed by atoms with Crippen molar-refractivity contribution in [1.29, 1.82) is 0 Å². The molecule has 1 amide bonds. The number of benzene rings is 2. The van der Waals surface area contributed by atoms with Crippen LogP contribution in [0.2, 0.25) is 10.0 Å². The Balaban J connectivity index is 0.000000220. The van der Waals surface area contributed by atoms with E-state index in [1.807, 2.05) is 0 Å². The van der Waals surface area contributed by atoms with Crippen molar-refractivity contribution in [2.75, 3.05) is 0 Å². The fourth-order valence-corrected chi connectivity index (χ4v) is 3.46. The molecule has 2 aromatic rings. The van der Waals surface area contributed by atoms with Gasteiger partial charge in [0.15, 0.2) is 0 Å². The van der Waals surface area contributed by atoms with Gasteiger partial charge >= 0.3 is 0 Å². The van der Waals surface area contributed by atoms with E-state index in [2.05, 4.69) is 31.9 Å². The highest BCUT2D eigenvalue weighted by Crippen LogP contribution is 2.21. The van der Waals surface area contributed by atoms with Crippen LogP contribution >= 0.6 is 67.3 Å². The van der Waals surface area contributed by atoms with E-state index >= 15 is 0 Å². The lowest BCUT2D eigenvalue weighted by molar-refractivity contribution is 0.0999. The maximum Gasteiger partial charge on any atom is 0.249 e. The Morgan fingerprint density at radius 3 is 1.64 bits per heavy atom. The van der Waals surface area contributed by atoms with Crippen LogP contribution in [0.25, 0.3) is 0 Å². The van der Waals surface area contributed by atoms with Gasteiger partial charge in [0.2, 0.25) is 5.91 Å². The Morgan fingerprint density at radius 2 is 1.32 bits per heavy atom. The quantitative estimate of drug-likeness (QED) is 0.593. The summed E-state index contributed by atoms with van der Waals surface area (Å²) >= 11 is 22.6. The van der Waals surface area contributed by atoms with Crippen LogP contribution in [0.5, 0.6) is 0 Å². The van der Waals surface area contributed by atoms with E-state index in [0.29, 0.717) is 25.1 Å². The zero-order valence-electron chi connectivity index (χ0n) is 10.9. The van der Waals surface area contributed by atoms with E-state index < -0.39 is 5.91 Å². The predicted molar refractivity (Wildman–Crippen MR) is 103 cm³/mol. The van der Waals surface area contributed by atoms with Crippen LogP contribution in [0, 0.1) is 0 Å². The van der Waals surface area contributed by atoms with Crippen molar-refractivity contribution in [3.63, 3.8) is 0 Å². The number of primary amides is 1. The molecule has 0 radical (unpaired) electrons. The first kappa shape index (κ1) is 19.4. The average Bonchev–Trinajstić information content (AvgIpc) is 2.38. The second kappa shape index (κ2) is 8.84. The van der Waals surface area contributed by atoms with Gasteiger partial charge in [-0.3, -0.25) is 4.79 Å². The zero-order chi connectivity index (χ0) is 16.9. The van der Waals surface area contributed by atoms with Gasteiger partial charge < -0.3 is 11.5 Å².